The zero-order valence-corrected chi connectivity index (χ0v) is 11.7. The number of ether oxygens (including phenoxy) is 2. The molecular weight excluding hydrogens is 218 g/mol. The third kappa shape index (κ3) is 4.64. The van der Waals surface area contributed by atoms with E-state index in [1.807, 2.05) is 27.7 Å². The van der Waals surface area contributed by atoms with Crippen LogP contribution in [0.4, 0.5) is 0 Å². The van der Waals surface area contributed by atoms with Crippen LogP contribution >= 0.6 is 0 Å². The Labute approximate surface area is 104 Å². The first-order valence-electron chi connectivity index (χ1n) is 6.42. The Balaban J connectivity index is 2.51. The normalized spacial score (nSPS) is 24.4. The molecule has 1 aliphatic heterocycles. The van der Waals surface area contributed by atoms with Crippen molar-refractivity contribution in [3.63, 3.8) is 0 Å². The van der Waals surface area contributed by atoms with E-state index in [-0.39, 0.29) is 18.1 Å². The third-order valence-corrected chi connectivity index (χ3v) is 2.92. The number of carbonyl (C=O) groups is 1. The van der Waals surface area contributed by atoms with Crippen LogP contribution in [0.15, 0.2) is 0 Å². The van der Waals surface area contributed by atoms with E-state index in [9.17, 15) is 4.79 Å². The fourth-order valence-corrected chi connectivity index (χ4v) is 1.88. The van der Waals surface area contributed by atoms with Crippen LogP contribution in [0.25, 0.3) is 0 Å². The molecule has 4 nitrogen and oxygen atoms in total. The highest BCUT2D eigenvalue weighted by Crippen LogP contribution is 2.15. The maximum atomic E-state index is 11.9. The molecule has 0 aromatic heterocycles. The van der Waals surface area contributed by atoms with Crippen molar-refractivity contribution < 1.29 is 14.3 Å². The zero-order valence-electron chi connectivity index (χ0n) is 11.7. The fourth-order valence-electron chi connectivity index (χ4n) is 1.88. The van der Waals surface area contributed by atoms with E-state index in [0.29, 0.717) is 6.61 Å². The van der Waals surface area contributed by atoms with Crippen LogP contribution in [0.2, 0.25) is 0 Å². The summed E-state index contributed by atoms with van der Waals surface area (Å²) in [6, 6.07) is -0.188. The molecule has 0 amide bonds. The Morgan fingerprint density at radius 1 is 1.53 bits per heavy atom. The van der Waals surface area contributed by atoms with E-state index in [4.69, 9.17) is 9.47 Å². The van der Waals surface area contributed by atoms with Crippen LogP contribution in [0.1, 0.15) is 41.0 Å². The quantitative estimate of drug-likeness (QED) is 0.709. The highest BCUT2D eigenvalue weighted by Gasteiger charge is 2.30. The molecule has 0 saturated carbocycles. The lowest BCUT2D eigenvalue weighted by Crippen LogP contribution is -2.50. The summed E-state index contributed by atoms with van der Waals surface area (Å²) < 4.78 is 11.0. The molecule has 4 heteroatoms. The SMILES string of the molecule is CCC1CN(C(C)C(=O)OC(C)(C)C)CCO1. The van der Waals surface area contributed by atoms with Gasteiger partial charge in [0.05, 0.1) is 12.7 Å². The standard InChI is InChI=1S/C13H25NO3/c1-6-11-9-14(7-8-16-11)10(2)12(15)17-13(3,4)5/h10-11H,6-9H2,1-5H3. The molecule has 1 aliphatic rings. The number of morpholine rings is 1. The minimum Gasteiger partial charge on any atom is -0.459 e. The van der Waals surface area contributed by atoms with Crippen LogP contribution in [-0.2, 0) is 14.3 Å². The predicted molar refractivity (Wildman–Crippen MR) is 66.9 cm³/mol. The number of hydrogen-bond acceptors (Lipinski definition) is 4. The Hall–Kier alpha value is -0.610. The zero-order chi connectivity index (χ0) is 13.1. The molecule has 2 atom stereocenters. The molecule has 1 saturated heterocycles. The summed E-state index contributed by atoms with van der Waals surface area (Å²) in [6.07, 6.45) is 1.23. The first kappa shape index (κ1) is 14.5. The van der Waals surface area contributed by atoms with Crippen molar-refractivity contribution in [1.29, 1.82) is 0 Å². The molecule has 17 heavy (non-hydrogen) atoms. The van der Waals surface area contributed by atoms with Crippen molar-refractivity contribution in [3.05, 3.63) is 0 Å². The summed E-state index contributed by atoms with van der Waals surface area (Å²) in [5, 5.41) is 0. The molecule has 0 bridgehead atoms. The number of carbonyl (C=O) groups excluding carboxylic acids is 1. The largest absolute Gasteiger partial charge is 0.459 e. The molecule has 1 heterocycles. The van der Waals surface area contributed by atoms with Gasteiger partial charge in [-0.3, -0.25) is 9.69 Å². The van der Waals surface area contributed by atoms with Crippen molar-refractivity contribution in [3.8, 4) is 0 Å². The lowest BCUT2D eigenvalue weighted by atomic mass is 10.1. The van der Waals surface area contributed by atoms with Gasteiger partial charge in [-0.05, 0) is 34.1 Å². The van der Waals surface area contributed by atoms with Crippen molar-refractivity contribution in [2.24, 2.45) is 0 Å². The molecule has 2 unspecified atom stereocenters. The predicted octanol–water partition coefficient (Wildman–Crippen LogP) is 1.83. The highest BCUT2D eigenvalue weighted by molar-refractivity contribution is 5.75. The maximum Gasteiger partial charge on any atom is 0.323 e. The van der Waals surface area contributed by atoms with Crippen molar-refractivity contribution in [2.45, 2.75) is 58.8 Å². The van der Waals surface area contributed by atoms with Gasteiger partial charge in [-0.1, -0.05) is 6.92 Å². The van der Waals surface area contributed by atoms with Gasteiger partial charge in [-0.15, -0.1) is 0 Å². The van der Waals surface area contributed by atoms with Crippen LogP contribution in [0.5, 0.6) is 0 Å². The number of esters is 1. The molecule has 1 rings (SSSR count). The van der Waals surface area contributed by atoms with Gasteiger partial charge in [-0.25, -0.2) is 0 Å². The smallest absolute Gasteiger partial charge is 0.323 e. The number of nitrogens with zero attached hydrogens (tertiary/aromatic N) is 1. The van der Waals surface area contributed by atoms with Crippen LogP contribution < -0.4 is 0 Å². The first-order valence-corrected chi connectivity index (χ1v) is 6.42. The second-order valence-corrected chi connectivity index (χ2v) is 5.61. The van der Waals surface area contributed by atoms with Crippen LogP contribution in [0.3, 0.4) is 0 Å². The van der Waals surface area contributed by atoms with E-state index >= 15 is 0 Å². The lowest BCUT2D eigenvalue weighted by molar-refractivity contribution is -0.163. The van der Waals surface area contributed by atoms with Crippen molar-refractivity contribution >= 4 is 5.97 Å². The average Bonchev–Trinajstić information content (AvgIpc) is 2.26. The Bertz CT molecular complexity index is 260. The minimum absolute atomic E-state index is 0.144. The summed E-state index contributed by atoms with van der Waals surface area (Å²) >= 11 is 0. The molecule has 0 N–H and O–H groups in total. The van der Waals surface area contributed by atoms with Gasteiger partial charge in [-0.2, -0.15) is 0 Å². The van der Waals surface area contributed by atoms with E-state index in [1.165, 1.54) is 0 Å². The summed E-state index contributed by atoms with van der Waals surface area (Å²) in [5.41, 5.74) is -0.415. The number of hydrogen-bond donors (Lipinski definition) is 0. The monoisotopic (exact) mass is 243 g/mol. The van der Waals surface area contributed by atoms with Crippen LogP contribution in [-0.4, -0.2) is 48.3 Å². The number of rotatable bonds is 3. The van der Waals surface area contributed by atoms with E-state index in [0.717, 1.165) is 19.5 Å². The molecule has 0 radical (unpaired) electrons. The fraction of sp³-hybridized carbons (Fsp3) is 0.923. The van der Waals surface area contributed by atoms with Gasteiger partial charge in [0.2, 0.25) is 0 Å². The van der Waals surface area contributed by atoms with E-state index in [2.05, 4.69) is 11.8 Å². The van der Waals surface area contributed by atoms with Crippen LogP contribution in [0, 0.1) is 0 Å². The van der Waals surface area contributed by atoms with Gasteiger partial charge < -0.3 is 9.47 Å². The van der Waals surface area contributed by atoms with Crippen molar-refractivity contribution in [1.82, 2.24) is 4.90 Å². The average molecular weight is 243 g/mol. The Morgan fingerprint density at radius 2 is 2.18 bits per heavy atom. The summed E-state index contributed by atoms with van der Waals surface area (Å²) in [7, 11) is 0. The van der Waals surface area contributed by atoms with Gasteiger partial charge in [0.1, 0.15) is 11.6 Å². The Kier molecular flexibility index (Phi) is 4.95. The van der Waals surface area contributed by atoms with Gasteiger partial charge in [0.25, 0.3) is 0 Å². The molecule has 100 valence electrons. The molecule has 1 fully saturated rings. The topological polar surface area (TPSA) is 38.8 Å². The maximum absolute atomic E-state index is 11.9. The van der Waals surface area contributed by atoms with E-state index in [1.54, 1.807) is 0 Å². The van der Waals surface area contributed by atoms with Gasteiger partial charge >= 0.3 is 5.97 Å². The first-order chi connectivity index (χ1) is 7.83. The minimum atomic E-state index is -0.415. The summed E-state index contributed by atoms with van der Waals surface area (Å²) in [5.74, 6) is -0.144. The second kappa shape index (κ2) is 5.83. The molecule has 0 aliphatic carbocycles. The molecule has 0 spiro atoms. The van der Waals surface area contributed by atoms with Gasteiger partial charge in [0, 0.05) is 13.1 Å². The Morgan fingerprint density at radius 3 is 2.71 bits per heavy atom. The molecular formula is C13H25NO3. The lowest BCUT2D eigenvalue weighted by Gasteiger charge is -2.36. The van der Waals surface area contributed by atoms with Crippen molar-refractivity contribution in [2.75, 3.05) is 19.7 Å². The van der Waals surface area contributed by atoms with E-state index < -0.39 is 5.60 Å². The third-order valence-electron chi connectivity index (χ3n) is 2.92. The molecule has 0 aromatic rings. The molecule has 0 aromatic carbocycles. The summed E-state index contributed by atoms with van der Waals surface area (Å²) in [4.78, 5) is 14.1. The van der Waals surface area contributed by atoms with Gasteiger partial charge in [0.15, 0.2) is 0 Å². The second-order valence-electron chi connectivity index (χ2n) is 5.61. The summed E-state index contributed by atoms with van der Waals surface area (Å²) in [6.45, 7) is 12.0. The highest BCUT2D eigenvalue weighted by atomic mass is 16.6.